The maximum absolute atomic E-state index is 13.8. The van der Waals surface area contributed by atoms with E-state index in [2.05, 4.69) is 6.58 Å². The highest BCUT2D eigenvalue weighted by molar-refractivity contribution is 5.91. The molecule has 148 valence electrons. The highest BCUT2D eigenvalue weighted by atomic mass is 19.1. The Morgan fingerprint density at radius 2 is 1.82 bits per heavy atom. The highest BCUT2D eigenvalue weighted by Crippen LogP contribution is 2.28. The van der Waals surface area contributed by atoms with E-state index in [4.69, 9.17) is 14.2 Å². The van der Waals surface area contributed by atoms with Gasteiger partial charge in [-0.3, -0.25) is 4.79 Å². The standard InChI is InChI=1S/C22H24FNO4/c1-5-12-28-20-10-6-16(14-21(20)27-4)8-11-22(25)24(2)15-17-7-9-19(26-3)18(23)13-17/h5-11,13-14H,1,12,15H2,2-4H3/b11-8+. The molecule has 0 aliphatic heterocycles. The second-order valence-electron chi connectivity index (χ2n) is 6.01. The number of carbonyl (C=O) groups excluding carboxylic acids is 1. The molecular weight excluding hydrogens is 361 g/mol. The molecule has 0 unspecified atom stereocenters. The molecule has 0 atom stereocenters. The molecule has 28 heavy (non-hydrogen) atoms. The third-order valence-electron chi connectivity index (χ3n) is 3.97. The zero-order valence-electron chi connectivity index (χ0n) is 16.3. The van der Waals surface area contributed by atoms with Crippen molar-refractivity contribution in [2.24, 2.45) is 0 Å². The predicted octanol–water partition coefficient (Wildman–Crippen LogP) is 4.08. The first-order valence-electron chi connectivity index (χ1n) is 8.65. The lowest BCUT2D eigenvalue weighted by molar-refractivity contribution is -0.125. The molecule has 0 aliphatic carbocycles. The Kier molecular flexibility index (Phi) is 7.63. The lowest BCUT2D eigenvalue weighted by atomic mass is 10.1. The second kappa shape index (κ2) is 10.2. The van der Waals surface area contributed by atoms with Crippen molar-refractivity contribution in [3.8, 4) is 17.2 Å². The molecule has 0 saturated carbocycles. The normalized spacial score (nSPS) is 10.6. The third-order valence-corrected chi connectivity index (χ3v) is 3.97. The average Bonchev–Trinajstić information content (AvgIpc) is 2.70. The fourth-order valence-electron chi connectivity index (χ4n) is 2.51. The minimum atomic E-state index is -0.456. The van der Waals surface area contributed by atoms with Crippen molar-refractivity contribution in [2.75, 3.05) is 27.9 Å². The van der Waals surface area contributed by atoms with Gasteiger partial charge in [-0.05, 0) is 41.5 Å². The average molecular weight is 385 g/mol. The van der Waals surface area contributed by atoms with Crippen LogP contribution in [0.4, 0.5) is 4.39 Å². The van der Waals surface area contributed by atoms with Gasteiger partial charge in [0.25, 0.3) is 0 Å². The smallest absolute Gasteiger partial charge is 0.246 e. The summed E-state index contributed by atoms with van der Waals surface area (Å²) in [4.78, 5) is 13.8. The number of ether oxygens (including phenoxy) is 3. The van der Waals surface area contributed by atoms with Crippen LogP contribution in [0, 0.1) is 5.82 Å². The highest BCUT2D eigenvalue weighted by Gasteiger charge is 2.09. The minimum Gasteiger partial charge on any atom is -0.494 e. The topological polar surface area (TPSA) is 48.0 Å². The van der Waals surface area contributed by atoms with Crippen LogP contribution >= 0.6 is 0 Å². The lowest BCUT2D eigenvalue weighted by Crippen LogP contribution is -2.24. The molecule has 0 spiro atoms. The van der Waals surface area contributed by atoms with Crippen LogP contribution in [0.5, 0.6) is 17.2 Å². The molecule has 1 amide bonds. The first kappa shape index (κ1) is 21.0. The summed E-state index contributed by atoms with van der Waals surface area (Å²) in [7, 11) is 4.61. The van der Waals surface area contributed by atoms with E-state index in [0.717, 1.165) is 5.56 Å². The summed E-state index contributed by atoms with van der Waals surface area (Å²) in [6.07, 6.45) is 4.79. The van der Waals surface area contributed by atoms with Gasteiger partial charge in [-0.1, -0.05) is 24.8 Å². The van der Waals surface area contributed by atoms with Gasteiger partial charge in [-0.2, -0.15) is 0 Å². The van der Waals surface area contributed by atoms with Crippen molar-refractivity contribution < 1.29 is 23.4 Å². The maximum Gasteiger partial charge on any atom is 0.246 e. The molecule has 0 heterocycles. The Bertz CT molecular complexity index is 864. The molecule has 2 aromatic rings. The molecule has 2 rings (SSSR count). The van der Waals surface area contributed by atoms with E-state index in [1.54, 1.807) is 50.6 Å². The van der Waals surface area contributed by atoms with E-state index in [-0.39, 0.29) is 18.2 Å². The van der Waals surface area contributed by atoms with E-state index in [1.165, 1.54) is 24.2 Å². The van der Waals surface area contributed by atoms with Crippen LogP contribution in [0.2, 0.25) is 0 Å². The Morgan fingerprint density at radius 1 is 1.11 bits per heavy atom. The van der Waals surface area contributed by atoms with Crippen molar-refractivity contribution in [1.82, 2.24) is 4.90 Å². The predicted molar refractivity (Wildman–Crippen MR) is 107 cm³/mol. The van der Waals surface area contributed by atoms with Gasteiger partial charge in [0.1, 0.15) is 6.61 Å². The number of carbonyl (C=O) groups is 1. The fraction of sp³-hybridized carbons (Fsp3) is 0.227. The second-order valence-corrected chi connectivity index (χ2v) is 6.01. The molecule has 0 N–H and O–H groups in total. The van der Waals surface area contributed by atoms with Crippen molar-refractivity contribution in [1.29, 1.82) is 0 Å². The van der Waals surface area contributed by atoms with E-state index in [0.29, 0.717) is 23.7 Å². The van der Waals surface area contributed by atoms with Crippen molar-refractivity contribution in [3.63, 3.8) is 0 Å². The Morgan fingerprint density at radius 3 is 2.46 bits per heavy atom. The van der Waals surface area contributed by atoms with Crippen LogP contribution in [-0.2, 0) is 11.3 Å². The first-order valence-corrected chi connectivity index (χ1v) is 8.65. The molecule has 0 aliphatic rings. The first-order chi connectivity index (χ1) is 13.5. The van der Waals surface area contributed by atoms with Crippen LogP contribution < -0.4 is 14.2 Å². The summed E-state index contributed by atoms with van der Waals surface area (Å²) in [6, 6.07) is 10.0. The lowest BCUT2D eigenvalue weighted by Gasteiger charge is -2.16. The number of hydrogen-bond donors (Lipinski definition) is 0. The summed E-state index contributed by atoms with van der Waals surface area (Å²) < 4.78 is 29.5. The Labute approximate surface area is 164 Å². The summed E-state index contributed by atoms with van der Waals surface area (Å²) in [6.45, 7) is 4.27. The van der Waals surface area contributed by atoms with Gasteiger partial charge in [0.05, 0.1) is 14.2 Å². The summed E-state index contributed by atoms with van der Waals surface area (Å²) in [5.41, 5.74) is 1.47. The number of amides is 1. The van der Waals surface area contributed by atoms with Crippen molar-refractivity contribution in [3.05, 3.63) is 72.1 Å². The van der Waals surface area contributed by atoms with Gasteiger partial charge >= 0.3 is 0 Å². The molecule has 0 fully saturated rings. The van der Waals surface area contributed by atoms with Crippen molar-refractivity contribution in [2.45, 2.75) is 6.54 Å². The zero-order valence-corrected chi connectivity index (χ0v) is 16.3. The fourth-order valence-corrected chi connectivity index (χ4v) is 2.51. The van der Waals surface area contributed by atoms with Gasteiger partial charge < -0.3 is 19.1 Å². The summed E-state index contributed by atoms with van der Waals surface area (Å²) in [5.74, 6) is 0.680. The van der Waals surface area contributed by atoms with Crippen molar-refractivity contribution >= 4 is 12.0 Å². The van der Waals surface area contributed by atoms with Gasteiger partial charge in [0, 0.05) is 19.7 Å². The maximum atomic E-state index is 13.8. The van der Waals surface area contributed by atoms with Crippen LogP contribution in [0.15, 0.2) is 55.1 Å². The summed E-state index contributed by atoms with van der Waals surface area (Å²) >= 11 is 0. The number of benzene rings is 2. The van der Waals surface area contributed by atoms with Gasteiger partial charge in [0.2, 0.25) is 5.91 Å². The van der Waals surface area contributed by atoms with E-state index in [9.17, 15) is 9.18 Å². The molecule has 2 aromatic carbocycles. The number of rotatable bonds is 9. The van der Waals surface area contributed by atoms with Crippen LogP contribution in [0.25, 0.3) is 6.08 Å². The quantitative estimate of drug-likeness (QED) is 0.482. The van der Waals surface area contributed by atoms with E-state index >= 15 is 0 Å². The Balaban J connectivity index is 2.03. The minimum absolute atomic E-state index is 0.173. The van der Waals surface area contributed by atoms with Crippen LogP contribution in [0.1, 0.15) is 11.1 Å². The van der Waals surface area contributed by atoms with Gasteiger partial charge in [-0.25, -0.2) is 4.39 Å². The number of likely N-dealkylation sites (N-methyl/N-ethyl adjacent to an activating group) is 1. The molecule has 0 saturated heterocycles. The number of halogens is 1. The zero-order chi connectivity index (χ0) is 20.5. The molecule has 0 bridgehead atoms. The molecule has 6 heteroatoms. The SMILES string of the molecule is C=CCOc1ccc(/C=C/C(=O)N(C)Cc2ccc(OC)c(F)c2)cc1OC. The molecule has 5 nitrogen and oxygen atoms in total. The largest absolute Gasteiger partial charge is 0.494 e. The molecule has 0 radical (unpaired) electrons. The molecular formula is C22H24FNO4. The van der Waals surface area contributed by atoms with Crippen LogP contribution in [-0.4, -0.2) is 38.7 Å². The van der Waals surface area contributed by atoms with Gasteiger partial charge in [-0.15, -0.1) is 0 Å². The summed E-state index contributed by atoms with van der Waals surface area (Å²) in [5, 5.41) is 0. The monoisotopic (exact) mass is 385 g/mol. The van der Waals surface area contributed by atoms with Crippen LogP contribution in [0.3, 0.4) is 0 Å². The van der Waals surface area contributed by atoms with E-state index < -0.39 is 5.82 Å². The molecule has 0 aromatic heterocycles. The van der Waals surface area contributed by atoms with E-state index in [1.807, 2.05) is 6.07 Å². The third kappa shape index (κ3) is 5.61. The van der Waals surface area contributed by atoms with Gasteiger partial charge in [0.15, 0.2) is 23.1 Å². The Hall–Kier alpha value is -3.28. The number of methoxy groups -OCH3 is 2. The number of nitrogens with zero attached hydrogens (tertiary/aromatic N) is 1. The number of hydrogen-bond acceptors (Lipinski definition) is 4.